The molecule has 2 heterocycles. The Morgan fingerprint density at radius 2 is 2.00 bits per heavy atom. The van der Waals surface area contributed by atoms with Crippen LogP contribution in [-0.4, -0.2) is 66.8 Å². The van der Waals surface area contributed by atoms with E-state index in [0.29, 0.717) is 36.1 Å². The molecule has 0 saturated carbocycles. The summed E-state index contributed by atoms with van der Waals surface area (Å²) in [6, 6.07) is 5.74. The quantitative estimate of drug-likeness (QED) is 0.449. The van der Waals surface area contributed by atoms with Gasteiger partial charge in [0.15, 0.2) is 0 Å². The number of anilines is 4. The van der Waals surface area contributed by atoms with E-state index in [2.05, 4.69) is 51.7 Å². The molecular weight excluding hydrogens is 420 g/mol. The van der Waals surface area contributed by atoms with Crippen molar-refractivity contribution in [2.24, 2.45) is 11.1 Å². The van der Waals surface area contributed by atoms with Crippen molar-refractivity contribution < 1.29 is 9.53 Å². The molecule has 0 aliphatic carbocycles. The minimum absolute atomic E-state index is 0.0672. The molecule has 10 heteroatoms. The first kappa shape index (κ1) is 24.7. The van der Waals surface area contributed by atoms with E-state index in [-0.39, 0.29) is 11.5 Å². The van der Waals surface area contributed by atoms with Crippen molar-refractivity contribution in [1.29, 1.82) is 0 Å². The molecule has 0 unspecified atom stereocenters. The van der Waals surface area contributed by atoms with Gasteiger partial charge >= 0.3 is 0 Å². The predicted molar refractivity (Wildman–Crippen MR) is 131 cm³/mol. The second-order valence-corrected chi connectivity index (χ2v) is 9.86. The van der Waals surface area contributed by atoms with Gasteiger partial charge in [-0.05, 0) is 36.5 Å². The molecular formula is C23H36N8O2. The van der Waals surface area contributed by atoms with Gasteiger partial charge in [-0.3, -0.25) is 4.79 Å². The third kappa shape index (κ3) is 7.00. The van der Waals surface area contributed by atoms with Gasteiger partial charge in [0.1, 0.15) is 0 Å². The van der Waals surface area contributed by atoms with Crippen LogP contribution in [0.15, 0.2) is 18.2 Å². The first-order chi connectivity index (χ1) is 15.5. The van der Waals surface area contributed by atoms with Crippen LogP contribution in [0.25, 0.3) is 0 Å². The molecule has 1 saturated heterocycles. The SMILES string of the molecule is COC[C@H]1C[C@@H](Nc2nc(Nc3cc(C(N)=O)ccc3C)nc(N(C)CC(C)(C)C)n2)CN1. The number of benzene rings is 1. The third-order valence-corrected chi connectivity index (χ3v) is 5.37. The lowest BCUT2D eigenvalue weighted by Gasteiger charge is -2.27. The number of hydrogen-bond acceptors (Lipinski definition) is 9. The number of methoxy groups -OCH3 is 1. The van der Waals surface area contributed by atoms with E-state index in [4.69, 9.17) is 10.5 Å². The van der Waals surface area contributed by atoms with Crippen molar-refractivity contribution in [3.05, 3.63) is 29.3 Å². The lowest BCUT2D eigenvalue weighted by Crippen LogP contribution is -2.31. The second-order valence-electron chi connectivity index (χ2n) is 9.86. The van der Waals surface area contributed by atoms with Crippen LogP contribution in [0.2, 0.25) is 0 Å². The lowest BCUT2D eigenvalue weighted by atomic mass is 9.96. The summed E-state index contributed by atoms with van der Waals surface area (Å²) in [5.41, 5.74) is 7.61. The Kier molecular flexibility index (Phi) is 7.70. The fraction of sp³-hybridized carbons (Fsp3) is 0.565. The Labute approximate surface area is 195 Å². The van der Waals surface area contributed by atoms with Gasteiger partial charge < -0.3 is 31.3 Å². The van der Waals surface area contributed by atoms with Crippen LogP contribution in [0.1, 0.15) is 43.1 Å². The number of rotatable bonds is 9. The second kappa shape index (κ2) is 10.3. The van der Waals surface area contributed by atoms with Gasteiger partial charge in [-0.25, -0.2) is 0 Å². The van der Waals surface area contributed by atoms with Crippen molar-refractivity contribution in [2.45, 2.75) is 46.2 Å². The van der Waals surface area contributed by atoms with Gasteiger partial charge in [0, 0.05) is 50.6 Å². The van der Waals surface area contributed by atoms with Crippen LogP contribution in [0.3, 0.4) is 0 Å². The highest BCUT2D eigenvalue weighted by Gasteiger charge is 2.25. The normalized spacial score (nSPS) is 18.2. The van der Waals surface area contributed by atoms with Gasteiger partial charge in [0.2, 0.25) is 23.8 Å². The maximum Gasteiger partial charge on any atom is 0.248 e. The van der Waals surface area contributed by atoms with Crippen molar-refractivity contribution in [3.63, 3.8) is 0 Å². The number of nitrogens with zero attached hydrogens (tertiary/aromatic N) is 4. The van der Waals surface area contributed by atoms with Crippen molar-refractivity contribution in [3.8, 4) is 0 Å². The molecule has 0 radical (unpaired) electrons. The van der Waals surface area contributed by atoms with E-state index in [9.17, 15) is 4.79 Å². The summed E-state index contributed by atoms with van der Waals surface area (Å²) in [6.07, 6.45) is 0.912. The number of carbonyl (C=O) groups is 1. The van der Waals surface area contributed by atoms with Gasteiger partial charge in [-0.15, -0.1) is 0 Å². The molecule has 0 bridgehead atoms. The van der Waals surface area contributed by atoms with Crippen LogP contribution < -0.4 is 26.6 Å². The van der Waals surface area contributed by atoms with E-state index >= 15 is 0 Å². The van der Waals surface area contributed by atoms with Gasteiger partial charge in [0.05, 0.1) is 6.61 Å². The number of ether oxygens (including phenoxy) is 1. The maximum absolute atomic E-state index is 11.6. The molecule has 1 aliphatic heterocycles. The van der Waals surface area contributed by atoms with E-state index < -0.39 is 5.91 Å². The fourth-order valence-electron chi connectivity index (χ4n) is 3.91. The lowest BCUT2D eigenvalue weighted by molar-refractivity contribution is 0.100. The Bertz CT molecular complexity index is 975. The molecule has 3 rings (SSSR count). The zero-order valence-electron chi connectivity index (χ0n) is 20.4. The number of aryl methyl sites for hydroxylation is 1. The smallest absolute Gasteiger partial charge is 0.248 e. The number of amides is 1. The molecule has 1 fully saturated rings. The van der Waals surface area contributed by atoms with E-state index in [1.165, 1.54) is 0 Å². The largest absolute Gasteiger partial charge is 0.383 e. The average Bonchev–Trinajstić information content (AvgIpc) is 3.15. The molecule has 33 heavy (non-hydrogen) atoms. The van der Waals surface area contributed by atoms with Crippen LogP contribution in [-0.2, 0) is 4.74 Å². The first-order valence-corrected chi connectivity index (χ1v) is 11.2. The summed E-state index contributed by atoms with van der Waals surface area (Å²) in [7, 11) is 3.68. The summed E-state index contributed by atoms with van der Waals surface area (Å²) in [5.74, 6) is 0.971. The van der Waals surface area contributed by atoms with Gasteiger partial charge in [-0.1, -0.05) is 26.8 Å². The number of nitrogens with two attached hydrogens (primary N) is 1. The number of nitrogens with one attached hydrogen (secondary N) is 3. The molecule has 1 aromatic heterocycles. The predicted octanol–water partition coefficient (Wildman–Crippen LogP) is 2.29. The van der Waals surface area contributed by atoms with Crippen LogP contribution in [0, 0.1) is 12.3 Å². The van der Waals surface area contributed by atoms with Crippen LogP contribution in [0.4, 0.5) is 23.5 Å². The van der Waals surface area contributed by atoms with E-state index in [1.807, 2.05) is 24.9 Å². The molecule has 1 aliphatic rings. The zero-order chi connectivity index (χ0) is 24.2. The monoisotopic (exact) mass is 456 g/mol. The number of hydrogen-bond donors (Lipinski definition) is 4. The molecule has 10 nitrogen and oxygen atoms in total. The highest BCUT2D eigenvalue weighted by atomic mass is 16.5. The Morgan fingerprint density at radius 1 is 1.27 bits per heavy atom. The fourth-order valence-corrected chi connectivity index (χ4v) is 3.91. The summed E-state index contributed by atoms with van der Waals surface area (Å²) in [4.78, 5) is 27.6. The first-order valence-electron chi connectivity index (χ1n) is 11.2. The number of aromatic nitrogens is 3. The van der Waals surface area contributed by atoms with Crippen LogP contribution in [0.5, 0.6) is 0 Å². The maximum atomic E-state index is 11.6. The van der Waals surface area contributed by atoms with Gasteiger partial charge in [-0.2, -0.15) is 15.0 Å². The number of carbonyl (C=O) groups excluding carboxylic acids is 1. The molecule has 5 N–H and O–H groups in total. The summed E-state index contributed by atoms with van der Waals surface area (Å²) in [5, 5.41) is 10.1. The number of primary amides is 1. The molecule has 2 aromatic rings. The molecule has 180 valence electrons. The molecule has 1 amide bonds. The van der Waals surface area contributed by atoms with Gasteiger partial charge in [0.25, 0.3) is 0 Å². The highest BCUT2D eigenvalue weighted by molar-refractivity contribution is 5.94. The Balaban J connectivity index is 1.89. The zero-order valence-corrected chi connectivity index (χ0v) is 20.4. The molecule has 2 atom stereocenters. The summed E-state index contributed by atoms with van der Waals surface area (Å²) in [6.45, 7) is 10.7. The van der Waals surface area contributed by atoms with Crippen LogP contribution >= 0.6 is 0 Å². The van der Waals surface area contributed by atoms with E-state index in [1.54, 1.807) is 19.2 Å². The topological polar surface area (TPSA) is 130 Å². The van der Waals surface area contributed by atoms with Crippen molar-refractivity contribution >= 4 is 29.4 Å². The minimum Gasteiger partial charge on any atom is -0.383 e. The minimum atomic E-state index is -0.485. The Hall–Kier alpha value is -2.98. The highest BCUT2D eigenvalue weighted by Crippen LogP contribution is 2.24. The summed E-state index contributed by atoms with van der Waals surface area (Å²) < 4.78 is 5.26. The average molecular weight is 457 g/mol. The van der Waals surface area contributed by atoms with Crippen molar-refractivity contribution in [2.75, 3.05) is 49.4 Å². The third-order valence-electron chi connectivity index (χ3n) is 5.37. The molecule has 1 aromatic carbocycles. The summed E-state index contributed by atoms with van der Waals surface area (Å²) >= 11 is 0. The Morgan fingerprint density at radius 3 is 2.67 bits per heavy atom. The van der Waals surface area contributed by atoms with Crippen molar-refractivity contribution in [1.82, 2.24) is 20.3 Å². The molecule has 0 spiro atoms. The van der Waals surface area contributed by atoms with E-state index in [0.717, 1.165) is 30.8 Å². The standard InChI is InChI=1S/C23H36N8O2/c1-14-7-8-15(19(24)32)9-18(14)27-21-28-20(26-16-10-17(12-33-6)25-11-16)29-22(30-21)31(5)13-23(2,3)4/h7-9,16-17,25H,10-13H2,1-6H3,(H2,24,32)(H2,26,27,28,29,30)/t16-,17-/m1/s1.